The van der Waals surface area contributed by atoms with Crippen molar-refractivity contribution in [2.75, 3.05) is 0 Å². The minimum absolute atomic E-state index is 0. The summed E-state index contributed by atoms with van der Waals surface area (Å²) < 4.78 is 21.2. The Kier molecular flexibility index (Phi) is 8.24. The largest absolute Gasteiger partial charge is 1.00 e. The Hall–Kier alpha value is -1.43. The number of carbonyl (C=O) groups excluding carboxylic acids is 2. The standard InChI is InChI=1S/C20H23O6P.Na/c1-11-7-13(3)17(14(4)8-11)19(21)25-27(23,24)26-20(22)18-15(5)9-12(2)10-16(18)6;/h7-10H,1-6H3,(H,23,24);/q;+1/p-1. The Morgan fingerprint density at radius 3 is 1.21 bits per heavy atom. The van der Waals surface area contributed by atoms with Gasteiger partial charge >= 0.3 is 49.3 Å². The summed E-state index contributed by atoms with van der Waals surface area (Å²) in [6.45, 7) is 10.4. The van der Waals surface area contributed by atoms with Crippen molar-refractivity contribution in [1.82, 2.24) is 0 Å². The van der Waals surface area contributed by atoms with Gasteiger partial charge in [-0.2, -0.15) is 0 Å². The summed E-state index contributed by atoms with van der Waals surface area (Å²) in [4.78, 5) is 36.8. The molecule has 0 N–H and O–H groups in total. The van der Waals surface area contributed by atoms with E-state index < -0.39 is 19.8 Å². The van der Waals surface area contributed by atoms with Crippen molar-refractivity contribution in [3.63, 3.8) is 0 Å². The third kappa shape index (κ3) is 5.79. The number of phosphoric acid groups is 1. The molecule has 0 aromatic heterocycles. The van der Waals surface area contributed by atoms with E-state index in [1.54, 1.807) is 52.0 Å². The average Bonchev–Trinajstić information content (AvgIpc) is 2.42. The van der Waals surface area contributed by atoms with Crippen LogP contribution in [0, 0.1) is 41.5 Å². The van der Waals surface area contributed by atoms with E-state index in [1.807, 2.05) is 13.8 Å². The van der Waals surface area contributed by atoms with Crippen LogP contribution in [0.2, 0.25) is 0 Å². The minimum atomic E-state index is -5.19. The van der Waals surface area contributed by atoms with Crippen LogP contribution in [-0.4, -0.2) is 11.9 Å². The van der Waals surface area contributed by atoms with Gasteiger partial charge < -0.3 is 13.9 Å². The molecule has 0 aliphatic heterocycles. The van der Waals surface area contributed by atoms with Crippen molar-refractivity contribution in [2.24, 2.45) is 0 Å². The number of aryl methyl sites for hydroxylation is 6. The van der Waals surface area contributed by atoms with Crippen molar-refractivity contribution in [3.05, 3.63) is 68.8 Å². The van der Waals surface area contributed by atoms with Gasteiger partial charge in [-0.05, 0) is 63.8 Å². The fourth-order valence-electron chi connectivity index (χ4n) is 3.32. The Morgan fingerprint density at radius 1 is 0.714 bits per heavy atom. The van der Waals surface area contributed by atoms with Crippen molar-refractivity contribution in [2.45, 2.75) is 41.5 Å². The van der Waals surface area contributed by atoms with E-state index >= 15 is 0 Å². The smallest absolute Gasteiger partial charge is 0.736 e. The van der Waals surface area contributed by atoms with Gasteiger partial charge in [0.25, 0.3) is 0 Å². The predicted molar refractivity (Wildman–Crippen MR) is 99.7 cm³/mol. The molecule has 2 rings (SSSR count). The Bertz CT molecular complexity index is 861. The van der Waals surface area contributed by atoms with Gasteiger partial charge in [0.05, 0.1) is 11.1 Å². The zero-order valence-electron chi connectivity index (χ0n) is 17.2. The first-order valence-electron chi connectivity index (χ1n) is 8.36. The molecule has 0 saturated heterocycles. The van der Waals surface area contributed by atoms with Crippen LogP contribution < -0.4 is 34.5 Å². The van der Waals surface area contributed by atoms with Gasteiger partial charge in [0.2, 0.25) is 0 Å². The van der Waals surface area contributed by atoms with E-state index in [1.165, 1.54) is 0 Å². The molecule has 0 bridgehead atoms. The maximum atomic E-state index is 12.3. The van der Waals surface area contributed by atoms with Gasteiger partial charge in [-0.3, -0.25) is 0 Å². The van der Waals surface area contributed by atoms with Crippen molar-refractivity contribution in [3.8, 4) is 0 Å². The number of carbonyl (C=O) groups is 2. The quantitative estimate of drug-likeness (QED) is 0.550. The molecule has 144 valence electrons. The summed E-state index contributed by atoms with van der Waals surface area (Å²) >= 11 is 0. The van der Waals surface area contributed by atoms with Crippen molar-refractivity contribution >= 4 is 19.8 Å². The summed E-state index contributed by atoms with van der Waals surface area (Å²) in [6.07, 6.45) is 0. The SMILES string of the molecule is Cc1cc(C)c(C(=O)OP(=O)([O-])OC(=O)c2c(C)cc(C)cc2C)c(C)c1.[Na+]. The molecule has 2 aromatic rings. The molecule has 0 spiro atoms. The van der Waals surface area contributed by atoms with E-state index in [2.05, 4.69) is 9.05 Å². The molecule has 0 fully saturated rings. The first-order chi connectivity index (χ1) is 12.4. The number of phosphoric ester groups is 1. The zero-order chi connectivity index (χ0) is 20.5. The molecular formula is C20H22NaO6P. The normalized spacial score (nSPS) is 10.8. The summed E-state index contributed by atoms with van der Waals surface area (Å²) in [5.74, 6) is -2.15. The summed E-state index contributed by atoms with van der Waals surface area (Å²) in [5, 5.41) is 0. The Balaban J connectivity index is 0.00000392. The molecule has 0 amide bonds. The molecule has 0 unspecified atom stereocenters. The van der Waals surface area contributed by atoms with Crippen LogP contribution in [-0.2, 0) is 13.6 Å². The van der Waals surface area contributed by atoms with Gasteiger partial charge in [0.15, 0.2) is 0 Å². The summed E-state index contributed by atoms with van der Waals surface area (Å²) in [5.41, 5.74) is 4.45. The van der Waals surface area contributed by atoms with Crippen LogP contribution in [0.15, 0.2) is 24.3 Å². The number of rotatable bonds is 4. The fourth-order valence-corrected chi connectivity index (χ4v) is 3.94. The number of hydrogen-bond donors (Lipinski definition) is 0. The second kappa shape index (κ2) is 9.38. The van der Waals surface area contributed by atoms with Crippen LogP contribution in [0.1, 0.15) is 54.1 Å². The van der Waals surface area contributed by atoms with Crippen LogP contribution in [0.5, 0.6) is 0 Å². The zero-order valence-corrected chi connectivity index (χ0v) is 20.1. The summed E-state index contributed by atoms with van der Waals surface area (Å²) in [7, 11) is -5.19. The Labute approximate surface area is 187 Å². The molecule has 0 saturated carbocycles. The first kappa shape index (κ1) is 24.6. The molecule has 0 aliphatic carbocycles. The first-order valence-corrected chi connectivity index (χ1v) is 9.82. The number of hydrogen-bond acceptors (Lipinski definition) is 6. The molecule has 6 nitrogen and oxygen atoms in total. The topological polar surface area (TPSA) is 92.7 Å². The van der Waals surface area contributed by atoms with Gasteiger partial charge in [0.1, 0.15) is 0 Å². The maximum Gasteiger partial charge on any atom is 1.00 e. The maximum absolute atomic E-state index is 12.3. The van der Waals surface area contributed by atoms with Crippen LogP contribution >= 0.6 is 7.82 Å². The predicted octanol–water partition coefficient (Wildman–Crippen LogP) is 1.02. The van der Waals surface area contributed by atoms with E-state index in [4.69, 9.17) is 0 Å². The van der Waals surface area contributed by atoms with E-state index in [9.17, 15) is 19.0 Å². The van der Waals surface area contributed by atoms with Gasteiger partial charge in [-0.15, -0.1) is 0 Å². The molecule has 0 heterocycles. The van der Waals surface area contributed by atoms with E-state index in [-0.39, 0.29) is 40.7 Å². The molecule has 8 heteroatoms. The van der Waals surface area contributed by atoms with Gasteiger partial charge in [0, 0.05) is 0 Å². The average molecular weight is 412 g/mol. The van der Waals surface area contributed by atoms with Crippen molar-refractivity contribution in [1.29, 1.82) is 0 Å². The fraction of sp³-hybridized carbons (Fsp3) is 0.300. The Morgan fingerprint density at radius 2 is 0.964 bits per heavy atom. The van der Waals surface area contributed by atoms with Crippen LogP contribution in [0.4, 0.5) is 0 Å². The third-order valence-corrected chi connectivity index (χ3v) is 4.93. The molecule has 0 atom stereocenters. The van der Waals surface area contributed by atoms with E-state index in [0.717, 1.165) is 11.1 Å². The van der Waals surface area contributed by atoms with Crippen LogP contribution in [0.3, 0.4) is 0 Å². The van der Waals surface area contributed by atoms with Gasteiger partial charge in [-0.25, -0.2) is 14.2 Å². The second-order valence-corrected chi connectivity index (χ2v) is 8.01. The molecule has 0 aliphatic rings. The minimum Gasteiger partial charge on any atom is -0.736 e. The number of benzene rings is 2. The van der Waals surface area contributed by atoms with E-state index in [0.29, 0.717) is 22.3 Å². The second-order valence-electron chi connectivity index (χ2n) is 6.75. The van der Waals surface area contributed by atoms with Gasteiger partial charge in [-0.1, -0.05) is 35.4 Å². The van der Waals surface area contributed by atoms with Crippen LogP contribution in [0.25, 0.3) is 0 Å². The van der Waals surface area contributed by atoms with Crippen molar-refractivity contribution < 1.29 is 57.7 Å². The third-order valence-electron chi connectivity index (χ3n) is 4.15. The summed E-state index contributed by atoms with van der Waals surface area (Å²) in [6, 6.07) is 6.96. The molecule has 28 heavy (non-hydrogen) atoms. The molecule has 0 radical (unpaired) electrons. The monoisotopic (exact) mass is 412 g/mol. The molecule has 2 aromatic carbocycles. The molecular weight excluding hydrogens is 390 g/mol.